The molecule has 0 saturated carbocycles. The van der Waals surface area contributed by atoms with E-state index in [0.29, 0.717) is 9.90 Å². The number of ketones is 1. The quantitative estimate of drug-likeness (QED) is 0.711. The van der Waals surface area contributed by atoms with Gasteiger partial charge in [0.25, 0.3) is 0 Å². The summed E-state index contributed by atoms with van der Waals surface area (Å²) in [6.07, 6.45) is 3.43. The van der Waals surface area contributed by atoms with Crippen LogP contribution in [-0.2, 0) is 12.8 Å². The standard InChI is InChI=1S/C14H10BrClOS/c15-14-11(16)7-12(18-14)13(17)10-5-4-8-2-1-3-9(8)6-10/h4-7H,1-3H2. The summed E-state index contributed by atoms with van der Waals surface area (Å²) in [6.45, 7) is 0. The second-order valence-corrected chi connectivity index (χ2v) is 7.18. The molecule has 1 aliphatic rings. The normalized spacial score (nSPS) is 13.7. The van der Waals surface area contributed by atoms with Crippen LogP contribution in [0.5, 0.6) is 0 Å². The van der Waals surface area contributed by atoms with Crippen LogP contribution in [-0.4, -0.2) is 5.78 Å². The predicted octanol–water partition coefficient (Wildman–Crippen LogP) is 4.88. The second-order valence-electron chi connectivity index (χ2n) is 4.40. The molecule has 1 aliphatic carbocycles. The van der Waals surface area contributed by atoms with Crippen LogP contribution in [0.25, 0.3) is 0 Å². The van der Waals surface area contributed by atoms with Gasteiger partial charge >= 0.3 is 0 Å². The predicted molar refractivity (Wildman–Crippen MR) is 78.9 cm³/mol. The Kier molecular flexibility index (Phi) is 3.31. The van der Waals surface area contributed by atoms with Crippen molar-refractivity contribution in [1.82, 2.24) is 0 Å². The van der Waals surface area contributed by atoms with Crippen molar-refractivity contribution >= 4 is 44.7 Å². The van der Waals surface area contributed by atoms with Crippen molar-refractivity contribution in [3.8, 4) is 0 Å². The highest BCUT2D eigenvalue weighted by atomic mass is 79.9. The van der Waals surface area contributed by atoms with Gasteiger partial charge in [0.1, 0.15) is 0 Å². The molecule has 0 aliphatic heterocycles. The van der Waals surface area contributed by atoms with Crippen LogP contribution in [0.4, 0.5) is 0 Å². The fourth-order valence-corrected chi connectivity index (χ4v) is 3.98. The van der Waals surface area contributed by atoms with Crippen LogP contribution in [0, 0.1) is 0 Å². The van der Waals surface area contributed by atoms with Crippen molar-refractivity contribution in [3.05, 3.63) is 54.6 Å². The van der Waals surface area contributed by atoms with Gasteiger partial charge < -0.3 is 0 Å². The summed E-state index contributed by atoms with van der Waals surface area (Å²) in [5.41, 5.74) is 3.47. The summed E-state index contributed by atoms with van der Waals surface area (Å²) >= 11 is 10.7. The summed E-state index contributed by atoms with van der Waals surface area (Å²) in [7, 11) is 0. The molecule has 0 radical (unpaired) electrons. The Balaban J connectivity index is 1.97. The zero-order valence-electron chi connectivity index (χ0n) is 9.50. The van der Waals surface area contributed by atoms with Crippen molar-refractivity contribution in [3.63, 3.8) is 0 Å². The van der Waals surface area contributed by atoms with E-state index < -0.39 is 0 Å². The molecule has 0 unspecified atom stereocenters. The van der Waals surface area contributed by atoms with E-state index >= 15 is 0 Å². The van der Waals surface area contributed by atoms with Gasteiger partial charge in [-0.05, 0) is 58.5 Å². The zero-order valence-corrected chi connectivity index (χ0v) is 12.7. The van der Waals surface area contributed by atoms with Gasteiger partial charge in [-0.2, -0.15) is 0 Å². The average molecular weight is 342 g/mol. The number of halogens is 2. The Hall–Kier alpha value is -0.640. The lowest BCUT2D eigenvalue weighted by atomic mass is 10.0. The van der Waals surface area contributed by atoms with Crippen molar-refractivity contribution in [2.45, 2.75) is 19.3 Å². The number of aryl methyl sites for hydroxylation is 2. The van der Waals surface area contributed by atoms with E-state index in [1.807, 2.05) is 12.1 Å². The van der Waals surface area contributed by atoms with E-state index in [2.05, 4.69) is 22.0 Å². The molecule has 2 aromatic rings. The highest BCUT2D eigenvalue weighted by molar-refractivity contribution is 9.11. The van der Waals surface area contributed by atoms with Gasteiger partial charge in [-0.15, -0.1) is 11.3 Å². The minimum Gasteiger partial charge on any atom is -0.288 e. The zero-order chi connectivity index (χ0) is 12.7. The van der Waals surface area contributed by atoms with E-state index in [9.17, 15) is 4.79 Å². The summed E-state index contributed by atoms with van der Waals surface area (Å²) in [5.74, 6) is 0.0577. The van der Waals surface area contributed by atoms with Gasteiger partial charge in [0.15, 0.2) is 0 Å². The third-order valence-electron chi connectivity index (χ3n) is 3.23. The highest BCUT2D eigenvalue weighted by Crippen LogP contribution is 2.33. The van der Waals surface area contributed by atoms with Crippen LogP contribution in [0.3, 0.4) is 0 Å². The second kappa shape index (κ2) is 4.80. The molecule has 18 heavy (non-hydrogen) atoms. The fraction of sp³-hybridized carbons (Fsp3) is 0.214. The smallest absolute Gasteiger partial charge is 0.203 e. The van der Waals surface area contributed by atoms with Gasteiger partial charge in [0, 0.05) is 5.56 Å². The molecule has 0 fully saturated rings. The maximum absolute atomic E-state index is 12.3. The highest BCUT2D eigenvalue weighted by Gasteiger charge is 2.17. The molecule has 0 amide bonds. The maximum atomic E-state index is 12.3. The summed E-state index contributed by atoms with van der Waals surface area (Å²) in [4.78, 5) is 13.0. The number of carbonyl (C=O) groups excluding carboxylic acids is 1. The van der Waals surface area contributed by atoms with E-state index in [-0.39, 0.29) is 5.78 Å². The molecule has 4 heteroatoms. The molecule has 1 aromatic carbocycles. The molecule has 1 aromatic heterocycles. The summed E-state index contributed by atoms with van der Waals surface area (Å²) < 4.78 is 0.814. The fourth-order valence-electron chi connectivity index (χ4n) is 2.31. The molecule has 0 saturated heterocycles. The van der Waals surface area contributed by atoms with Crippen LogP contribution < -0.4 is 0 Å². The third-order valence-corrected chi connectivity index (χ3v) is 5.70. The molecule has 0 N–H and O–H groups in total. The van der Waals surface area contributed by atoms with E-state index in [4.69, 9.17) is 11.6 Å². The van der Waals surface area contributed by atoms with Gasteiger partial charge in [-0.1, -0.05) is 23.7 Å². The molecule has 3 rings (SSSR count). The largest absolute Gasteiger partial charge is 0.288 e. The molecule has 92 valence electrons. The first-order valence-corrected chi connectivity index (χ1v) is 7.75. The molecular weight excluding hydrogens is 332 g/mol. The lowest BCUT2D eigenvalue weighted by Crippen LogP contribution is -1.99. The first-order chi connectivity index (χ1) is 8.65. The Morgan fingerprint density at radius 2 is 2.00 bits per heavy atom. The molecule has 0 bridgehead atoms. The molecule has 0 spiro atoms. The number of benzene rings is 1. The summed E-state index contributed by atoms with van der Waals surface area (Å²) in [6, 6.07) is 7.77. The number of rotatable bonds is 2. The monoisotopic (exact) mass is 340 g/mol. The van der Waals surface area contributed by atoms with Crippen LogP contribution in [0.15, 0.2) is 28.1 Å². The minimum atomic E-state index is 0.0577. The van der Waals surface area contributed by atoms with Crippen molar-refractivity contribution in [1.29, 1.82) is 0 Å². The number of carbonyl (C=O) groups is 1. The van der Waals surface area contributed by atoms with E-state index in [1.54, 1.807) is 6.07 Å². The van der Waals surface area contributed by atoms with Gasteiger partial charge in [-0.25, -0.2) is 0 Å². The van der Waals surface area contributed by atoms with Gasteiger partial charge in [0.05, 0.1) is 13.7 Å². The SMILES string of the molecule is O=C(c1ccc2c(c1)CCC2)c1cc(Cl)c(Br)s1. The van der Waals surface area contributed by atoms with Gasteiger partial charge in [0.2, 0.25) is 5.78 Å². The topological polar surface area (TPSA) is 17.1 Å². The first-order valence-electron chi connectivity index (χ1n) is 5.76. The number of fused-ring (bicyclic) bond motifs is 1. The molecule has 1 heterocycles. The van der Waals surface area contributed by atoms with Crippen LogP contribution in [0.2, 0.25) is 5.02 Å². The summed E-state index contributed by atoms with van der Waals surface area (Å²) in [5, 5.41) is 0.601. The van der Waals surface area contributed by atoms with E-state index in [1.165, 1.54) is 28.9 Å². The van der Waals surface area contributed by atoms with Crippen molar-refractivity contribution < 1.29 is 4.79 Å². The average Bonchev–Trinajstić information content (AvgIpc) is 2.95. The number of thiophene rings is 1. The Bertz CT molecular complexity index is 613. The van der Waals surface area contributed by atoms with Crippen molar-refractivity contribution in [2.24, 2.45) is 0 Å². The number of hydrogen-bond acceptors (Lipinski definition) is 2. The Morgan fingerprint density at radius 3 is 2.72 bits per heavy atom. The molecule has 0 atom stereocenters. The lowest BCUT2D eigenvalue weighted by Gasteiger charge is -2.02. The molecular formula is C14H10BrClOS. The molecule has 1 nitrogen and oxygen atoms in total. The maximum Gasteiger partial charge on any atom is 0.203 e. The van der Waals surface area contributed by atoms with Crippen molar-refractivity contribution in [2.75, 3.05) is 0 Å². The number of hydrogen-bond donors (Lipinski definition) is 0. The third kappa shape index (κ3) is 2.15. The van der Waals surface area contributed by atoms with Crippen LogP contribution >= 0.6 is 38.9 Å². The Labute approximate surface area is 123 Å². The lowest BCUT2D eigenvalue weighted by molar-refractivity contribution is 0.104. The first kappa shape index (κ1) is 12.4. The Morgan fingerprint density at radius 1 is 1.22 bits per heavy atom. The van der Waals surface area contributed by atoms with Crippen LogP contribution in [0.1, 0.15) is 32.8 Å². The van der Waals surface area contributed by atoms with E-state index in [0.717, 1.165) is 22.2 Å². The van der Waals surface area contributed by atoms with Gasteiger partial charge in [-0.3, -0.25) is 4.79 Å². The minimum absolute atomic E-state index is 0.0577.